The van der Waals surface area contributed by atoms with Crippen LogP contribution in [0.4, 0.5) is 0 Å². The summed E-state index contributed by atoms with van der Waals surface area (Å²) in [6, 6.07) is 0. The molecule has 0 saturated carbocycles. The van der Waals surface area contributed by atoms with Gasteiger partial charge in [-0.2, -0.15) is 0 Å². The van der Waals surface area contributed by atoms with Gasteiger partial charge in [-0.15, -0.1) is 0 Å². The van der Waals surface area contributed by atoms with Crippen LogP contribution in [0.25, 0.3) is 0 Å². The third kappa shape index (κ3) is 6.72. The summed E-state index contributed by atoms with van der Waals surface area (Å²) in [6.45, 7) is 11.6. The quantitative estimate of drug-likeness (QED) is 0.429. The number of hydrogen-bond donors (Lipinski definition) is 0. The van der Waals surface area contributed by atoms with Gasteiger partial charge in [0.2, 0.25) is 0 Å². The van der Waals surface area contributed by atoms with Crippen molar-refractivity contribution in [3.8, 4) is 0 Å². The third-order valence-corrected chi connectivity index (χ3v) is 2.71. The van der Waals surface area contributed by atoms with E-state index in [0.29, 0.717) is 0 Å². The molecule has 3 heteroatoms. The summed E-state index contributed by atoms with van der Waals surface area (Å²) >= 11 is 0. The first-order valence-corrected chi connectivity index (χ1v) is 5.86. The summed E-state index contributed by atoms with van der Waals surface area (Å²) < 4.78 is 4.66. The highest BCUT2D eigenvalue weighted by molar-refractivity contribution is 5.97. The predicted molar refractivity (Wildman–Crippen MR) is 68.3 cm³/mol. The van der Waals surface area contributed by atoms with Crippen molar-refractivity contribution >= 4 is 11.9 Å². The molecule has 0 amide bonds. The summed E-state index contributed by atoms with van der Waals surface area (Å²) in [4.78, 5) is 22.7. The molecule has 0 aliphatic heterocycles. The fourth-order valence-electron chi connectivity index (χ4n) is 0.863. The van der Waals surface area contributed by atoms with E-state index in [2.05, 4.69) is 4.74 Å². The van der Waals surface area contributed by atoms with E-state index in [4.69, 9.17) is 0 Å². The molecule has 0 aliphatic rings. The lowest BCUT2D eigenvalue weighted by Crippen LogP contribution is -2.10. The van der Waals surface area contributed by atoms with Crippen molar-refractivity contribution < 1.29 is 14.3 Å². The molecule has 3 nitrogen and oxygen atoms in total. The molecule has 0 bridgehead atoms. The third-order valence-electron chi connectivity index (χ3n) is 2.71. The summed E-state index contributed by atoms with van der Waals surface area (Å²) in [5.41, 5.74) is 1.79. The summed E-state index contributed by atoms with van der Waals surface area (Å²) in [7, 11) is 0. The standard InChI is InChI=1S/C14H22O3/c1-9(2)11(5)7-13(15)17-14(16)8-12(6)10(3)4/h7-10H,1-6H3. The molecule has 0 aromatic rings. The second-order valence-electron chi connectivity index (χ2n) is 4.83. The summed E-state index contributed by atoms with van der Waals surface area (Å²) in [5.74, 6) is -0.667. The second-order valence-corrected chi connectivity index (χ2v) is 4.83. The van der Waals surface area contributed by atoms with Gasteiger partial charge in [0.15, 0.2) is 0 Å². The van der Waals surface area contributed by atoms with Gasteiger partial charge in [0.1, 0.15) is 0 Å². The van der Waals surface area contributed by atoms with Crippen LogP contribution in [0.3, 0.4) is 0 Å². The molecule has 0 N–H and O–H groups in total. The second kappa shape index (κ2) is 7.05. The predicted octanol–water partition coefficient (Wildman–Crippen LogP) is 3.26. The van der Waals surface area contributed by atoms with Gasteiger partial charge in [0, 0.05) is 12.2 Å². The van der Waals surface area contributed by atoms with Gasteiger partial charge < -0.3 is 4.74 Å². The number of ether oxygens (including phenoxy) is 1. The van der Waals surface area contributed by atoms with Gasteiger partial charge in [-0.05, 0) is 25.7 Å². The minimum Gasteiger partial charge on any atom is -0.387 e. The van der Waals surface area contributed by atoms with Crippen LogP contribution in [0.1, 0.15) is 41.5 Å². The fourth-order valence-corrected chi connectivity index (χ4v) is 0.863. The highest BCUT2D eigenvalue weighted by atomic mass is 16.6. The Bertz CT molecular complexity index is 312. The highest BCUT2D eigenvalue weighted by Gasteiger charge is 2.08. The minimum atomic E-state index is -0.603. The molecule has 0 spiro atoms. The van der Waals surface area contributed by atoms with E-state index in [0.717, 1.165) is 11.1 Å². The molecule has 0 aromatic carbocycles. The minimum absolute atomic E-state index is 0.269. The number of carbonyl (C=O) groups is 2. The number of esters is 2. The molecule has 0 saturated heterocycles. The van der Waals surface area contributed by atoms with E-state index in [1.165, 1.54) is 12.2 Å². The van der Waals surface area contributed by atoms with Gasteiger partial charge in [0.25, 0.3) is 0 Å². The van der Waals surface area contributed by atoms with E-state index in [-0.39, 0.29) is 11.8 Å². The molecular weight excluding hydrogens is 216 g/mol. The normalized spacial score (nSPS) is 13.2. The lowest BCUT2D eigenvalue weighted by Gasteiger charge is -2.05. The van der Waals surface area contributed by atoms with Crippen molar-refractivity contribution in [1.29, 1.82) is 0 Å². The van der Waals surface area contributed by atoms with Gasteiger partial charge in [-0.1, -0.05) is 38.8 Å². The zero-order valence-corrected chi connectivity index (χ0v) is 11.5. The summed E-state index contributed by atoms with van der Waals surface area (Å²) in [5, 5.41) is 0. The van der Waals surface area contributed by atoms with Crippen LogP contribution in [-0.2, 0) is 14.3 Å². The number of allylic oxidation sites excluding steroid dienone is 2. The first kappa shape index (κ1) is 15.6. The van der Waals surface area contributed by atoms with E-state index in [1.807, 2.05) is 41.5 Å². The largest absolute Gasteiger partial charge is 0.387 e. The van der Waals surface area contributed by atoms with Crippen molar-refractivity contribution in [1.82, 2.24) is 0 Å². The van der Waals surface area contributed by atoms with Crippen LogP contribution in [0.5, 0.6) is 0 Å². The molecule has 0 unspecified atom stereocenters. The maximum atomic E-state index is 11.4. The molecule has 96 valence electrons. The lowest BCUT2D eigenvalue weighted by atomic mass is 10.1. The zero-order valence-electron chi connectivity index (χ0n) is 11.5. The lowest BCUT2D eigenvalue weighted by molar-refractivity contribution is -0.152. The zero-order chi connectivity index (χ0) is 13.6. The topological polar surface area (TPSA) is 43.4 Å². The SMILES string of the molecule is CC(=CC(=O)OC(=O)C=C(C)C(C)C)C(C)C. The van der Waals surface area contributed by atoms with Crippen LogP contribution in [0.2, 0.25) is 0 Å². The molecule has 17 heavy (non-hydrogen) atoms. The maximum Gasteiger partial charge on any atom is 0.338 e. The highest BCUT2D eigenvalue weighted by Crippen LogP contribution is 2.09. The van der Waals surface area contributed by atoms with Crippen molar-refractivity contribution in [2.24, 2.45) is 11.8 Å². The van der Waals surface area contributed by atoms with Crippen molar-refractivity contribution in [3.05, 3.63) is 23.3 Å². The average Bonchev–Trinajstić information content (AvgIpc) is 2.16. The number of carbonyl (C=O) groups excluding carboxylic acids is 2. The van der Waals surface area contributed by atoms with E-state index in [9.17, 15) is 9.59 Å². The molecule has 0 aliphatic carbocycles. The molecule has 0 rings (SSSR count). The van der Waals surface area contributed by atoms with Gasteiger partial charge in [-0.3, -0.25) is 0 Å². The fraction of sp³-hybridized carbons (Fsp3) is 0.571. The smallest absolute Gasteiger partial charge is 0.338 e. The maximum absolute atomic E-state index is 11.4. The molecule has 0 fully saturated rings. The van der Waals surface area contributed by atoms with Crippen LogP contribution in [0, 0.1) is 11.8 Å². The van der Waals surface area contributed by atoms with Gasteiger partial charge in [0.05, 0.1) is 0 Å². The van der Waals surface area contributed by atoms with Crippen molar-refractivity contribution in [2.45, 2.75) is 41.5 Å². The van der Waals surface area contributed by atoms with E-state index >= 15 is 0 Å². The first-order valence-electron chi connectivity index (χ1n) is 5.86. The Balaban J connectivity index is 4.47. The Morgan fingerprint density at radius 1 is 0.824 bits per heavy atom. The van der Waals surface area contributed by atoms with Gasteiger partial charge >= 0.3 is 11.9 Å². The summed E-state index contributed by atoms with van der Waals surface area (Å²) in [6.07, 6.45) is 2.72. The molecule has 0 radical (unpaired) electrons. The van der Waals surface area contributed by atoms with E-state index in [1.54, 1.807) is 0 Å². The van der Waals surface area contributed by atoms with Crippen LogP contribution >= 0.6 is 0 Å². The number of hydrogen-bond acceptors (Lipinski definition) is 3. The Hall–Kier alpha value is -1.38. The van der Waals surface area contributed by atoms with Crippen LogP contribution in [-0.4, -0.2) is 11.9 Å². The number of rotatable bonds is 4. The van der Waals surface area contributed by atoms with Crippen molar-refractivity contribution in [2.75, 3.05) is 0 Å². The Labute approximate surface area is 104 Å². The van der Waals surface area contributed by atoms with E-state index < -0.39 is 11.9 Å². The molecule has 0 heterocycles. The van der Waals surface area contributed by atoms with Crippen LogP contribution < -0.4 is 0 Å². The Kier molecular flexibility index (Phi) is 6.47. The Morgan fingerprint density at radius 3 is 1.35 bits per heavy atom. The molecule has 0 atom stereocenters. The first-order chi connectivity index (χ1) is 7.73. The molecular formula is C14H22O3. The van der Waals surface area contributed by atoms with Crippen molar-refractivity contribution in [3.63, 3.8) is 0 Å². The average molecular weight is 238 g/mol. The molecule has 0 aromatic heterocycles. The Morgan fingerprint density at radius 2 is 1.12 bits per heavy atom. The van der Waals surface area contributed by atoms with Crippen LogP contribution in [0.15, 0.2) is 23.3 Å². The van der Waals surface area contributed by atoms with Gasteiger partial charge in [-0.25, -0.2) is 9.59 Å². The monoisotopic (exact) mass is 238 g/mol.